The van der Waals surface area contributed by atoms with Gasteiger partial charge in [-0.05, 0) is 13.8 Å². The largest absolute Gasteiger partial charge is 0.498 e. The van der Waals surface area contributed by atoms with Crippen molar-refractivity contribution in [1.29, 1.82) is 0 Å². The molecule has 0 saturated carbocycles. The molecule has 8 N–H and O–H groups in total. The number of allylic oxidation sites excluding steroid dienone is 6. The van der Waals surface area contributed by atoms with E-state index in [4.69, 9.17) is 29.4 Å². The molecular formula is C33H49NO13. The van der Waals surface area contributed by atoms with Crippen LogP contribution in [0.3, 0.4) is 0 Å². The van der Waals surface area contributed by atoms with Crippen molar-refractivity contribution in [3.8, 4) is 0 Å². The van der Waals surface area contributed by atoms with Crippen molar-refractivity contribution in [2.24, 2.45) is 17.6 Å². The molecule has 0 radical (unpaired) electrons. The lowest BCUT2D eigenvalue weighted by atomic mass is 9.83. The molecule has 0 aromatic rings. The molecule has 2 fully saturated rings. The minimum absolute atomic E-state index is 0.00372. The summed E-state index contributed by atoms with van der Waals surface area (Å²) >= 11 is 0. The zero-order valence-electron chi connectivity index (χ0n) is 26.9. The molecule has 13 atom stereocenters. The zero-order chi connectivity index (χ0) is 34.7. The summed E-state index contributed by atoms with van der Waals surface area (Å²) in [6.45, 7) is 5.10. The summed E-state index contributed by atoms with van der Waals surface area (Å²) in [4.78, 5) is 24.4. The van der Waals surface area contributed by atoms with E-state index in [1.165, 1.54) is 0 Å². The molecule has 2 saturated heterocycles. The fourth-order valence-corrected chi connectivity index (χ4v) is 5.56. The van der Waals surface area contributed by atoms with E-state index >= 15 is 0 Å². The summed E-state index contributed by atoms with van der Waals surface area (Å²) in [7, 11) is 0. The minimum atomic E-state index is -2.12. The fraction of sp³-hybridized carbons (Fsp3) is 0.636. The van der Waals surface area contributed by atoms with E-state index in [-0.39, 0.29) is 31.8 Å². The molecule has 0 spiro atoms. The summed E-state index contributed by atoms with van der Waals surface area (Å²) in [6.07, 6.45) is 5.12. The molecule has 0 aromatic heterocycles. The van der Waals surface area contributed by atoms with Gasteiger partial charge < -0.3 is 60.1 Å². The molecule has 14 heteroatoms. The highest BCUT2D eigenvalue weighted by atomic mass is 16.7. The van der Waals surface area contributed by atoms with Crippen LogP contribution in [0.5, 0.6) is 0 Å². The number of aliphatic hydroxyl groups is 5. The molecule has 2 bridgehead atoms. The van der Waals surface area contributed by atoms with Gasteiger partial charge in [-0.2, -0.15) is 0 Å². The number of carbonyl (C=O) groups is 2. The molecule has 5 unspecified atom stereocenters. The van der Waals surface area contributed by atoms with Crippen LogP contribution in [0, 0.1) is 11.8 Å². The first-order chi connectivity index (χ1) is 22.2. The highest BCUT2D eigenvalue weighted by Crippen LogP contribution is 2.38. The van der Waals surface area contributed by atoms with Gasteiger partial charge in [0.25, 0.3) is 0 Å². The molecule has 264 valence electrons. The maximum atomic E-state index is 12.2. The number of cyclic esters (lactones) is 1. The molecule has 47 heavy (non-hydrogen) atoms. The number of carbonyl (C=O) groups excluding carboxylic acids is 1. The highest BCUT2D eigenvalue weighted by Gasteiger charge is 2.50. The number of esters is 1. The first-order valence-corrected chi connectivity index (χ1v) is 15.8. The predicted molar refractivity (Wildman–Crippen MR) is 167 cm³/mol. The van der Waals surface area contributed by atoms with Gasteiger partial charge in [-0.3, -0.25) is 4.79 Å². The van der Waals surface area contributed by atoms with Crippen LogP contribution in [-0.2, 0) is 33.3 Å². The molecule has 3 aliphatic rings. The van der Waals surface area contributed by atoms with Crippen molar-refractivity contribution in [2.45, 2.75) is 113 Å². The van der Waals surface area contributed by atoms with E-state index in [9.17, 15) is 40.2 Å². The summed E-state index contributed by atoms with van der Waals surface area (Å²) in [6, 6.07) is -1.06. The van der Waals surface area contributed by atoms with Crippen LogP contribution in [0.2, 0.25) is 0 Å². The number of nitrogens with two attached hydrogens (primary N) is 1. The van der Waals surface area contributed by atoms with E-state index in [0.717, 1.165) is 12.3 Å². The summed E-state index contributed by atoms with van der Waals surface area (Å²) in [5, 5.41) is 63.5. The average Bonchev–Trinajstić information content (AvgIpc) is 2.97. The molecule has 3 heterocycles. The maximum absolute atomic E-state index is 12.2. The van der Waals surface area contributed by atoms with Crippen molar-refractivity contribution >= 4 is 11.9 Å². The summed E-state index contributed by atoms with van der Waals surface area (Å²) < 4.78 is 28.2. The first kappa shape index (κ1) is 38.5. The third-order valence-corrected chi connectivity index (χ3v) is 8.33. The number of hydrogen-bond acceptors (Lipinski definition) is 13. The number of carboxylic acids is 1. The van der Waals surface area contributed by atoms with Crippen LogP contribution < -0.4 is 5.73 Å². The molecular weight excluding hydrogens is 618 g/mol. The Morgan fingerprint density at radius 3 is 2.30 bits per heavy atom. The highest BCUT2D eigenvalue weighted by molar-refractivity contribution is 5.81. The van der Waals surface area contributed by atoms with Gasteiger partial charge in [0.1, 0.15) is 18.1 Å². The Bertz CT molecular complexity index is 1170. The number of ether oxygens (including phenoxy) is 5. The Kier molecular flexibility index (Phi) is 14.8. The number of aliphatic carboxylic acids is 1. The lowest BCUT2D eigenvalue weighted by Crippen LogP contribution is -2.59. The molecule has 3 rings (SSSR count). The summed E-state index contributed by atoms with van der Waals surface area (Å²) in [5.41, 5.74) is 5.89. The Labute approximate surface area is 274 Å². The second-order valence-corrected chi connectivity index (χ2v) is 12.4. The van der Waals surface area contributed by atoms with Gasteiger partial charge in [-0.1, -0.05) is 55.5 Å². The van der Waals surface area contributed by atoms with Crippen molar-refractivity contribution in [1.82, 2.24) is 0 Å². The van der Waals surface area contributed by atoms with Crippen molar-refractivity contribution in [3.05, 3.63) is 60.9 Å². The van der Waals surface area contributed by atoms with Crippen LogP contribution in [0.1, 0.15) is 46.5 Å². The maximum Gasteiger partial charge on any atom is 0.334 e. The van der Waals surface area contributed by atoms with Crippen molar-refractivity contribution in [3.63, 3.8) is 0 Å². The summed E-state index contributed by atoms with van der Waals surface area (Å²) in [5.74, 6) is -5.64. The van der Waals surface area contributed by atoms with Gasteiger partial charge in [0.15, 0.2) is 12.1 Å². The van der Waals surface area contributed by atoms with Crippen molar-refractivity contribution in [2.75, 3.05) is 6.61 Å². The van der Waals surface area contributed by atoms with E-state index in [1.807, 2.05) is 13.0 Å². The third-order valence-electron chi connectivity index (χ3n) is 8.33. The zero-order valence-corrected chi connectivity index (χ0v) is 26.9. The molecule has 3 aliphatic heterocycles. The standard InChI is InChI=1S/C33H49NO13/c1-19-10-8-6-4-5-7-9-11-23(46-32-30(39)29(34)25(37)18-44-32)15-26-28(31(40)41)24(36)17-33(42,47-26)16-22(35)14-20(2)43-13-12-27(38)45-21(19)3/h4-13,19-26,28-30,32,35-37,39,42H,14-18,34H2,1-3H3,(H,40,41)/b6-4+,7-5+,10-8+,11-9+,13-12+/t19-,20?,21+,22?,23?,24-,25+,26-,28+,29-,30-,32?,33?/m0/s1. The molecule has 0 aliphatic carbocycles. The number of aliphatic hydroxyl groups excluding tert-OH is 4. The number of fused-ring (bicyclic) bond motifs is 2. The van der Waals surface area contributed by atoms with Crippen LogP contribution in [0.25, 0.3) is 0 Å². The average molecular weight is 668 g/mol. The van der Waals surface area contributed by atoms with Gasteiger partial charge in [0, 0.05) is 31.6 Å². The van der Waals surface area contributed by atoms with E-state index < -0.39 is 91.2 Å². The number of carboxylic acid groups (broad SMARTS) is 1. The van der Waals surface area contributed by atoms with Gasteiger partial charge >= 0.3 is 11.9 Å². The Hall–Kier alpha value is -2.92. The quantitative estimate of drug-likeness (QED) is 0.204. The Morgan fingerprint density at radius 2 is 1.62 bits per heavy atom. The third kappa shape index (κ3) is 11.9. The van der Waals surface area contributed by atoms with Crippen LogP contribution in [-0.4, -0.2) is 116 Å². The van der Waals surface area contributed by atoms with Crippen LogP contribution in [0.4, 0.5) is 0 Å². The Morgan fingerprint density at radius 1 is 0.957 bits per heavy atom. The number of hydrogen-bond donors (Lipinski definition) is 7. The number of rotatable bonds is 3. The van der Waals surface area contributed by atoms with Gasteiger partial charge in [0.2, 0.25) is 0 Å². The van der Waals surface area contributed by atoms with E-state index in [2.05, 4.69) is 0 Å². The first-order valence-electron chi connectivity index (χ1n) is 15.8. The predicted octanol–water partition coefficient (Wildman–Crippen LogP) is 0.572. The van der Waals surface area contributed by atoms with Crippen molar-refractivity contribution < 1.29 is 63.9 Å². The Balaban J connectivity index is 1.90. The molecule has 14 nitrogen and oxygen atoms in total. The topological polar surface area (TPSA) is 228 Å². The SMILES string of the molecule is CC1CC(O)CC2(O)C[C@H](O)[C@@H](C(=O)O)[C@H](CC(OC3OC[C@@H](O)[C@H](N)[C@@H]3O)/C=C/C=C/C=C/C=C/[C@H](C)[C@@H](C)OC(=O)/C=C/O1)O2. The van der Waals surface area contributed by atoms with E-state index in [0.29, 0.717) is 0 Å². The van der Waals surface area contributed by atoms with Gasteiger partial charge in [-0.25, -0.2) is 4.79 Å². The second-order valence-electron chi connectivity index (χ2n) is 12.4. The molecule has 0 amide bonds. The second kappa shape index (κ2) is 18.0. The normalized spacial score (nSPS) is 44.8. The molecule has 0 aromatic carbocycles. The fourth-order valence-electron chi connectivity index (χ4n) is 5.56. The van der Waals surface area contributed by atoms with Crippen LogP contribution in [0.15, 0.2) is 60.9 Å². The lowest BCUT2D eigenvalue weighted by Gasteiger charge is -2.45. The minimum Gasteiger partial charge on any atom is -0.498 e. The van der Waals surface area contributed by atoms with Crippen LogP contribution >= 0.6 is 0 Å². The lowest BCUT2D eigenvalue weighted by molar-refractivity contribution is -0.305. The van der Waals surface area contributed by atoms with Gasteiger partial charge in [0.05, 0.1) is 61.6 Å². The smallest absolute Gasteiger partial charge is 0.334 e. The monoisotopic (exact) mass is 667 g/mol. The van der Waals surface area contributed by atoms with E-state index in [1.54, 1.807) is 56.4 Å². The van der Waals surface area contributed by atoms with Gasteiger partial charge in [-0.15, -0.1) is 0 Å².